The molecule has 2 unspecified atom stereocenters. The van der Waals surface area contributed by atoms with Crippen LogP contribution in [0.15, 0.2) is 12.4 Å². The van der Waals surface area contributed by atoms with Crippen LogP contribution in [0.1, 0.15) is 46.2 Å². The maximum atomic E-state index is 5.73. The summed E-state index contributed by atoms with van der Waals surface area (Å²) in [5.74, 6) is 0. The van der Waals surface area contributed by atoms with E-state index in [-0.39, 0.29) is 17.6 Å². The average molecular weight is 253 g/mol. The predicted molar refractivity (Wildman–Crippen MR) is 74.6 cm³/mol. The summed E-state index contributed by atoms with van der Waals surface area (Å²) in [5, 5.41) is 7.87. The minimum Gasteiger partial charge on any atom is -0.379 e. The number of likely N-dealkylation sites (N-methyl/N-ethyl adjacent to an activating group) is 1. The molecule has 18 heavy (non-hydrogen) atoms. The normalized spacial score (nSPS) is 15.7. The second-order valence-electron chi connectivity index (χ2n) is 5.69. The number of hydrogen-bond acceptors (Lipinski definition) is 3. The Kier molecular flexibility index (Phi) is 5.35. The first-order valence-electron chi connectivity index (χ1n) is 6.72. The Morgan fingerprint density at radius 3 is 2.44 bits per heavy atom. The van der Waals surface area contributed by atoms with Crippen LogP contribution in [0.3, 0.4) is 0 Å². The van der Waals surface area contributed by atoms with E-state index >= 15 is 0 Å². The van der Waals surface area contributed by atoms with E-state index in [1.54, 1.807) is 7.11 Å². The molecule has 0 fully saturated rings. The number of aryl methyl sites for hydroxylation is 1. The zero-order valence-corrected chi connectivity index (χ0v) is 12.5. The Morgan fingerprint density at radius 1 is 1.39 bits per heavy atom. The van der Waals surface area contributed by atoms with E-state index in [1.165, 1.54) is 5.56 Å². The van der Waals surface area contributed by atoms with E-state index in [9.17, 15) is 0 Å². The number of nitrogens with one attached hydrogen (secondary N) is 1. The van der Waals surface area contributed by atoms with Crippen molar-refractivity contribution in [2.24, 2.45) is 5.41 Å². The van der Waals surface area contributed by atoms with E-state index in [0.29, 0.717) is 0 Å². The van der Waals surface area contributed by atoms with E-state index < -0.39 is 0 Å². The van der Waals surface area contributed by atoms with Crippen molar-refractivity contribution in [1.29, 1.82) is 0 Å². The van der Waals surface area contributed by atoms with Crippen LogP contribution in [0, 0.1) is 5.41 Å². The second kappa shape index (κ2) is 6.34. The molecule has 0 aliphatic rings. The molecule has 104 valence electrons. The molecule has 0 aliphatic heterocycles. The van der Waals surface area contributed by atoms with Gasteiger partial charge in [-0.3, -0.25) is 4.68 Å². The molecule has 1 heterocycles. The molecular formula is C14H27N3O. The lowest BCUT2D eigenvalue weighted by molar-refractivity contribution is -0.0116. The Labute approximate surface area is 111 Å². The number of methoxy groups -OCH3 is 1. The fraction of sp³-hybridized carbons (Fsp3) is 0.786. The largest absolute Gasteiger partial charge is 0.379 e. The van der Waals surface area contributed by atoms with Gasteiger partial charge in [0, 0.05) is 25.4 Å². The van der Waals surface area contributed by atoms with Crippen LogP contribution in [0.5, 0.6) is 0 Å². The monoisotopic (exact) mass is 253 g/mol. The van der Waals surface area contributed by atoms with Crippen LogP contribution in [-0.4, -0.2) is 29.5 Å². The fourth-order valence-corrected chi connectivity index (χ4v) is 2.32. The number of hydrogen-bond donors (Lipinski definition) is 1. The van der Waals surface area contributed by atoms with Crippen molar-refractivity contribution in [2.45, 2.75) is 53.3 Å². The highest BCUT2D eigenvalue weighted by Gasteiger charge is 2.33. The van der Waals surface area contributed by atoms with E-state index in [2.05, 4.69) is 51.2 Å². The van der Waals surface area contributed by atoms with Crippen LogP contribution < -0.4 is 5.32 Å². The average Bonchev–Trinajstić information content (AvgIpc) is 2.75. The maximum absolute atomic E-state index is 5.73. The summed E-state index contributed by atoms with van der Waals surface area (Å²) in [5.41, 5.74) is 1.27. The molecule has 1 aromatic rings. The third-order valence-corrected chi connectivity index (χ3v) is 3.17. The van der Waals surface area contributed by atoms with Gasteiger partial charge in [-0.2, -0.15) is 5.10 Å². The SMILES string of the molecule is CCNC(c1cnn(CC)c1)C(OC)C(C)(C)C. The van der Waals surface area contributed by atoms with Crippen LogP contribution in [-0.2, 0) is 11.3 Å². The topological polar surface area (TPSA) is 39.1 Å². The fourth-order valence-electron chi connectivity index (χ4n) is 2.32. The van der Waals surface area contributed by atoms with Crippen molar-refractivity contribution >= 4 is 0 Å². The number of rotatable bonds is 6. The third-order valence-electron chi connectivity index (χ3n) is 3.17. The lowest BCUT2D eigenvalue weighted by Crippen LogP contribution is -2.41. The zero-order valence-electron chi connectivity index (χ0n) is 12.5. The minimum atomic E-state index is 0.0793. The Morgan fingerprint density at radius 2 is 2.06 bits per heavy atom. The molecule has 4 heteroatoms. The molecule has 1 aromatic heterocycles. The summed E-state index contributed by atoms with van der Waals surface area (Å²) in [7, 11) is 1.78. The van der Waals surface area contributed by atoms with Crippen molar-refractivity contribution in [2.75, 3.05) is 13.7 Å². The molecule has 0 aliphatic carbocycles. The molecule has 2 atom stereocenters. The zero-order chi connectivity index (χ0) is 13.8. The Balaban J connectivity index is 3.00. The lowest BCUT2D eigenvalue weighted by Gasteiger charge is -2.36. The molecule has 0 radical (unpaired) electrons. The van der Waals surface area contributed by atoms with Gasteiger partial charge >= 0.3 is 0 Å². The molecule has 0 bridgehead atoms. The third kappa shape index (κ3) is 3.56. The highest BCUT2D eigenvalue weighted by Crippen LogP contribution is 2.32. The van der Waals surface area contributed by atoms with E-state index in [4.69, 9.17) is 4.74 Å². The number of aromatic nitrogens is 2. The lowest BCUT2D eigenvalue weighted by atomic mass is 9.82. The molecular weight excluding hydrogens is 226 g/mol. The van der Waals surface area contributed by atoms with Crippen molar-refractivity contribution in [3.63, 3.8) is 0 Å². The molecule has 1 N–H and O–H groups in total. The predicted octanol–water partition coefficient (Wildman–Crippen LogP) is 2.61. The van der Waals surface area contributed by atoms with Gasteiger partial charge in [-0.15, -0.1) is 0 Å². The molecule has 0 amide bonds. The summed E-state index contributed by atoms with van der Waals surface area (Å²) >= 11 is 0. The summed E-state index contributed by atoms with van der Waals surface area (Å²) < 4.78 is 7.68. The van der Waals surface area contributed by atoms with Crippen molar-refractivity contribution in [3.05, 3.63) is 18.0 Å². The molecule has 4 nitrogen and oxygen atoms in total. The van der Waals surface area contributed by atoms with Crippen LogP contribution in [0.25, 0.3) is 0 Å². The van der Waals surface area contributed by atoms with Gasteiger partial charge in [0.2, 0.25) is 0 Å². The quantitative estimate of drug-likeness (QED) is 0.847. The van der Waals surface area contributed by atoms with Gasteiger partial charge < -0.3 is 10.1 Å². The first-order valence-corrected chi connectivity index (χ1v) is 6.72. The molecule has 0 saturated heterocycles. The van der Waals surface area contributed by atoms with Crippen molar-refractivity contribution < 1.29 is 4.74 Å². The number of ether oxygens (including phenoxy) is 1. The summed E-state index contributed by atoms with van der Waals surface area (Å²) in [6.07, 6.45) is 4.16. The first-order chi connectivity index (χ1) is 8.43. The number of nitrogens with zero attached hydrogens (tertiary/aromatic N) is 2. The van der Waals surface area contributed by atoms with Gasteiger partial charge in [-0.25, -0.2) is 0 Å². The summed E-state index contributed by atoms with van der Waals surface area (Å²) in [4.78, 5) is 0. The van der Waals surface area contributed by atoms with Gasteiger partial charge in [0.1, 0.15) is 0 Å². The highest BCUT2D eigenvalue weighted by molar-refractivity contribution is 5.14. The molecule has 0 aromatic carbocycles. The standard InChI is InChI=1S/C14H27N3O/c1-7-15-12(13(18-6)14(3,4)5)11-9-16-17(8-2)10-11/h9-10,12-13,15H,7-8H2,1-6H3. The van der Waals surface area contributed by atoms with Crippen molar-refractivity contribution in [1.82, 2.24) is 15.1 Å². The minimum absolute atomic E-state index is 0.0793. The molecule has 0 saturated carbocycles. The summed E-state index contributed by atoms with van der Waals surface area (Å²) in [6, 6.07) is 0.181. The Hall–Kier alpha value is -0.870. The van der Waals surface area contributed by atoms with Gasteiger partial charge in [0.05, 0.1) is 18.3 Å². The van der Waals surface area contributed by atoms with Gasteiger partial charge in [-0.1, -0.05) is 27.7 Å². The van der Waals surface area contributed by atoms with Gasteiger partial charge in [0.15, 0.2) is 0 Å². The van der Waals surface area contributed by atoms with Crippen LogP contribution in [0.2, 0.25) is 0 Å². The first kappa shape index (κ1) is 15.2. The van der Waals surface area contributed by atoms with E-state index in [1.807, 2.05) is 10.9 Å². The second-order valence-corrected chi connectivity index (χ2v) is 5.69. The highest BCUT2D eigenvalue weighted by atomic mass is 16.5. The maximum Gasteiger partial charge on any atom is 0.0815 e. The van der Waals surface area contributed by atoms with Crippen molar-refractivity contribution in [3.8, 4) is 0 Å². The van der Waals surface area contributed by atoms with Crippen LogP contribution >= 0.6 is 0 Å². The molecule has 1 rings (SSSR count). The van der Waals surface area contributed by atoms with Gasteiger partial charge in [0.25, 0.3) is 0 Å². The van der Waals surface area contributed by atoms with Crippen LogP contribution in [0.4, 0.5) is 0 Å². The summed E-state index contributed by atoms with van der Waals surface area (Å²) in [6.45, 7) is 12.6. The van der Waals surface area contributed by atoms with Gasteiger partial charge in [-0.05, 0) is 18.9 Å². The molecule has 0 spiro atoms. The Bertz CT molecular complexity index is 354. The van der Waals surface area contributed by atoms with E-state index in [0.717, 1.165) is 13.1 Å². The smallest absolute Gasteiger partial charge is 0.0815 e.